The second-order valence-corrected chi connectivity index (χ2v) is 8.69. The minimum Gasteiger partial charge on any atom is -0.508 e. The van der Waals surface area contributed by atoms with E-state index in [0.29, 0.717) is 18.2 Å². The van der Waals surface area contributed by atoms with Crippen molar-refractivity contribution in [3.8, 4) is 5.75 Å². The highest BCUT2D eigenvalue weighted by Crippen LogP contribution is 2.34. The minimum absolute atomic E-state index is 0.266. The fraction of sp³-hybridized carbons (Fsp3) is 0.409. The van der Waals surface area contributed by atoms with Crippen molar-refractivity contribution < 1.29 is 9.90 Å². The number of anilines is 1. The number of phenols is 1. The van der Waals surface area contributed by atoms with E-state index in [2.05, 4.69) is 27.8 Å². The fourth-order valence-electron chi connectivity index (χ4n) is 3.91. The summed E-state index contributed by atoms with van der Waals surface area (Å²) in [4.78, 5) is 14.9. The van der Waals surface area contributed by atoms with Crippen LogP contribution < -0.4 is 5.32 Å². The van der Waals surface area contributed by atoms with Crippen molar-refractivity contribution in [1.29, 1.82) is 0 Å². The summed E-state index contributed by atoms with van der Waals surface area (Å²) in [6.07, 6.45) is 2.61. The van der Waals surface area contributed by atoms with Crippen molar-refractivity contribution in [2.45, 2.75) is 50.2 Å². The van der Waals surface area contributed by atoms with E-state index >= 15 is 0 Å². The maximum atomic E-state index is 11.8. The maximum absolute atomic E-state index is 11.8. The Labute approximate surface area is 170 Å². The molecule has 0 unspecified atom stereocenters. The number of hydrogen-bond acceptors (Lipinski definition) is 5. The molecule has 28 heavy (non-hydrogen) atoms. The molecule has 0 aromatic heterocycles. The molecule has 2 heterocycles. The molecular formula is C22H27N3O2S. The van der Waals surface area contributed by atoms with Crippen LogP contribution in [0.1, 0.15) is 37.3 Å². The summed E-state index contributed by atoms with van der Waals surface area (Å²) in [5.41, 5.74) is 3.92. The summed E-state index contributed by atoms with van der Waals surface area (Å²) in [6, 6.07) is 14.5. The Bertz CT molecular complexity index is 832. The van der Waals surface area contributed by atoms with Crippen LogP contribution in [-0.4, -0.2) is 39.4 Å². The summed E-state index contributed by atoms with van der Waals surface area (Å²) in [5, 5.41) is 13.1. The molecule has 4 rings (SSSR count). The third-order valence-electron chi connectivity index (χ3n) is 5.49. The van der Waals surface area contributed by atoms with E-state index in [1.165, 1.54) is 16.8 Å². The number of nitrogens with zero attached hydrogens (tertiary/aromatic N) is 2. The molecule has 2 aliphatic heterocycles. The third-order valence-corrected chi connectivity index (χ3v) is 6.49. The quantitative estimate of drug-likeness (QED) is 0.740. The van der Waals surface area contributed by atoms with Gasteiger partial charge in [-0.3, -0.25) is 4.79 Å². The Morgan fingerprint density at radius 1 is 1.11 bits per heavy atom. The predicted molar refractivity (Wildman–Crippen MR) is 113 cm³/mol. The number of fused-ring (bicyclic) bond motifs is 1. The molecule has 0 spiro atoms. The summed E-state index contributed by atoms with van der Waals surface area (Å²) in [5.74, 6) is 0.567. The predicted octanol–water partition coefficient (Wildman–Crippen LogP) is 4.23. The normalized spacial score (nSPS) is 17.5. The minimum atomic E-state index is 0.266. The molecule has 5 nitrogen and oxygen atoms in total. The van der Waals surface area contributed by atoms with Gasteiger partial charge in [-0.25, -0.2) is 4.31 Å². The maximum Gasteiger partial charge on any atom is 0.222 e. The monoisotopic (exact) mass is 397 g/mol. The molecule has 0 bridgehead atoms. The van der Waals surface area contributed by atoms with Crippen LogP contribution in [0.2, 0.25) is 0 Å². The van der Waals surface area contributed by atoms with Gasteiger partial charge in [0.25, 0.3) is 0 Å². The van der Waals surface area contributed by atoms with Gasteiger partial charge in [-0.15, -0.1) is 0 Å². The second-order valence-electron chi connectivity index (χ2n) is 7.52. The molecule has 2 aromatic carbocycles. The van der Waals surface area contributed by atoms with Crippen LogP contribution in [0, 0.1) is 0 Å². The van der Waals surface area contributed by atoms with E-state index in [4.69, 9.17) is 0 Å². The Morgan fingerprint density at radius 2 is 1.82 bits per heavy atom. The molecule has 6 heteroatoms. The number of aromatic hydroxyl groups is 1. The highest BCUT2D eigenvalue weighted by molar-refractivity contribution is 7.97. The Kier molecular flexibility index (Phi) is 5.78. The zero-order valence-electron chi connectivity index (χ0n) is 16.2. The van der Waals surface area contributed by atoms with Gasteiger partial charge in [0.1, 0.15) is 5.75 Å². The van der Waals surface area contributed by atoms with Gasteiger partial charge in [-0.05, 0) is 72.3 Å². The molecular weight excluding hydrogens is 370 g/mol. The summed E-state index contributed by atoms with van der Waals surface area (Å²) in [7, 11) is 0. The molecule has 0 aliphatic carbocycles. The lowest BCUT2D eigenvalue weighted by Crippen LogP contribution is -2.42. The molecule has 148 valence electrons. The molecule has 0 saturated carbocycles. The zero-order chi connectivity index (χ0) is 19.5. The standard InChI is InChI=1S/C22H27N3O2S/c1-2-22(27)24-11-9-18(10-12-24)23-19-4-3-16-14-25(15-17(16)13-19)28-21-7-5-20(26)6-8-21/h3-8,13,18,23,26H,2,9-12,14-15H2,1H3. The number of rotatable bonds is 5. The number of hydrogen-bond donors (Lipinski definition) is 2. The van der Waals surface area contributed by atoms with Crippen LogP contribution in [0.5, 0.6) is 5.75 Å². The largest absolute Gasteiger partial charge is 0.508 e. The first kappa shape index (κ1) is 19.2. The number of likely N-dealkylation sites (tertiary alicyclic amines) is 1. The second kappa shape index (κ2) is 8.45. The lowest BCUT2D eigenvalue weighted by molar-refractivity contribution is -0.131. The van der Waals surface area contributed by atoms with Crippen molar-refractivity contribution >= 4 is 23.5 Å². The van der Waals surface area contributed by atoms with Gasteiger partial charge in [-0.2, -0.15) is 0 Å². The number of phenolic OH excluding ortho intramolecular Hbond substituents is 1. The smallest absolute Gasteiger partial charge is 0.222 e. The first-order valence-corrected chi connectivity index (χ1v) is 10.8. The summed E-state index contributed by atoms with van der Waals surface area (Å²) >= 11 is 1.73. The van der Waals surface area contributed by atoms with Gasteiger partial charge in [0, 0.05) is 49.2 Å². The molecule has 2 aromatic rings. The third kappa shape index (κ3) is 4.45. The van der Waals surface area contributed by atoms with Crippen molar-refractivity contribution in [1.82, 2.24) is 9.21 Å². The van der Waals surface area contributed by atoms with Gasteiger partial charge in [0.05, 0.1) is 0 Å². The fourth-order valence-corrected chi connectivity index (χ4v) is 4.87. The molecule has 2 N–H and O–H groups in total. The Balaban J connectivity index is 1.32. The summed E-state index contributed by atoms with van der Waals surface area (Å²) < 4.78 is 2.34. The van der Waals surface area contributed by atoms with Crippen LogP contribution in [0.15, 0.2) is 47.4 Å². The lowest BCUT2D eigenvalue weighted by Gasteiger charge is -2.32. The van der Waals surface area contributed by atoms with Gasteiger partial charge < -0.3 is 15.3 Å². The molecule has 0 radical (unpaired) electrons. The van der Waals surface area contributed by atoms with Gasteiger partial charge in [0.2, 0.25) is 5.91 Å². The molecule has 2 aliphatic rings. The van der Waals surface area contributed by atoms with Crippen molar-refractivity contribution in [2.75, 3.05) is 18.4 Å². The van der Waals surface area contributed by atoms with Crippen molar-refractivity contribution in [3.05, 3.63) is 53.6 Å². The van der Waals surface area contributed by atoms with Gasteiger partial charge >= 0.3 is 0 Å². The van der Waals surface area contributed by atoms with Crippen LogP contribution in [0.3, 0.4) is 0 Å². The van der Waals surface area contributed by atoms with Crippen LogP contribution in [-0.2, 0) is 17.9 Å². The van der Waals surface area contributed by atoms with Gasteiger partial charge in [-0.1, -0.05) is 13.0 Å². The average molecular weight is 398 g/mol. The number of benzene rings is 2. The average Bonchev–Trinajstić information content (AvgIpc) is 3.11. The van der Waals surface area contributed by atoms with Crippen LogP contribution in [0.25, 0.3) is 0 Å². The van der Waals surface area contributed by atoms with E-state index < -0.39 is 0 Å². The highest BCUT2D eigenvalue weighted by Gasteiger charge is 2.23. The van der Waals surface area contributed by atoms with Crippen LogP contribution in [0.4, 0.5) is 5.69 Å². The Hall–Kier alpha value is -2.18. The highest BCUT2D eigenvalue weighted by atomic mass is 32.2. The number of piperidine rings is 1. The van der Waals surface area contributed by atoms with E-state index in [9.17, 15) is 9.90 Å². The number of nitrogens with one attached hydrogen (secondary N) is 1. The van der Waals surface area contributed by atoms with Crippen molar-refractivity contribution in [2.24, 2.45) is 0 Å². The topological polar surface area (TPSA) is 55.8 Å². The molecule has 1 fully saturated rings. The molecule has 1 amide bonds. The molecule has 0 atom stereocenters. The molecule has 1 saturated heterocycles. The zero-order valence-corrected chi connectivity index (χ0v) is 17.0. The first-order valence-electron chi connectivity index (χ1n) is 9.99. The SMILES string of the molecule is CCC(=O)N1CCC(Nc2ccc3c(c2)CN(Sc2ccc(O)cc2)C3)CC1. The summed E-state index contributed by atoms with van der Waals surface area (Å²) in [6.45, 7) is 5.48. The lowest BCUT2D eigenvalue weighted by atomic mass is 10.0. The first-order chi connectivity index (χ1) is 13.6. The number of carbonyl (C=O) groups excluding carboxylic acids is 1. The number of amides is 1. The van der Waals surface area contributed by atoms with E-state index in [1.807, 2.05) is 24.0 Å². The van der Waals surface area contributed by atoms with E-state index in [-0.39, 0.29) is 5.91 Å². The van der Waals surface area contributed by atoms with Crippen molar-refractivity contribution in [3.63, 3.8) is 0 Å². The van der Waals surface area contributed by atoms with E-state index in [1.54, 1.807) is 24.1 Å². The van der Waals surface area contributed by atoms with Crippen LogP contribution >= 0.6 is 11.9 Å². The van der Waals surface area contributed by atoms with Gasteiger partial charge in [0.15, 0.2) is 0 Å². The Morgan fingerprint density at radius 3 is 2.54 bits per heavy atom. The number of carbonyl (C=O) groups is 1. The van der Waals surface area contributed by atoms with E-state index in [0.717, 1.165) is 43.9 Å².